The molecule has 0 spiro atoms. The summed E-state index contributed by atoms with van der Waals surface area (Å²) in [4.78, 5) is 14.1. The van der Waals surface area contributed by atoms with Gasteiger partial charge in [-0.3, -0.25) is 4.79 Å². The molecule has 1 aliphatic rings. The monoisotopic (exact) mass is 301 g/mol. The van der Waals surface area contributed by atoms with Crippen LogP contribution in [0.15, 0.2) is 24.3 Å². The van der Waals surface area contributed by atoms with E-state index in [1.165, 1.54) is 9.75 Å². The van der Waals surface area contributed by atoms with Crippen molar-refractivity contribution < 1.29 is 4.79 Å². The first-order valence-electron chi connectivity index (χ1n) is 7.08. The van der Waals surface area contributed by atoms with Gasteiger partial charge in [-0.1, -0.05) is 0 Å². The van der Waals surface area contributed by atoms with Crippen LogP contribution in [0, 0.1) is 6.92 Å². The number of nitrogens with one attached hydrogen (secondary N) is 2. The number of rotatable bonds is 3. The summed E-state index contributed by atoms with van der Waals surface area (Å²) in [6, 6.07) is 8.34. The number of hydrogen-bond acceptors (Lipinski definition) is 4. The first kappa shape index (κ1) is 13.9. The quantitative estimate of drug-likeness (QED) is 0.757. The highest BCUT2D eigenvalue weighted by molar-refractivity contribution is 7.12. The zero-order valence-electron chi connectivity index (χ0n) is 12.2. The highest BCUT2D eigenvalue weighted by Gasteiger charge is 2.17. The predicted molar refractivity (Wildman–Crippen MR) is 88.9 cm³/mol. The summed E-state index contributed by atoms with van der Waals surface area (Å²) in [5.74, 6) is 0.0696. The topological polar surface area (TPSA) is 67.1 Å². The summed E-state index contributed by atoms with van der Waals surface area (Å²) in [5, 5.41) is 6.35. The lowest BCUT2D eigenvalue weighted by atomic mass is 10.0. The van der Waals surface area contributed by atoms with Crippen LogP contribution in [0.3, 0.4) is 0 Å². The maximum Gasteiger partial charge on any atom is 0.224 e. The molecule has 0 saturated heterocycles. The summed E-state index contributed by atoms with van der Waals surface area (Å²) >= 11 is 1.78. The van der Waals surface area contributed by atoms with E-state index in [2.05, 4.69) is 36.6 Å². The molecule has 1 unspecified atom stereocenters. The molecule has 0 bridgehead atoms. The molecule has 2 heterocycles. The lowest BCUT2D eigenvalue weighted by Gasteiger charge is -2.21. The third-order valence-electron chi connectivity index (χ3n) is 3.73. The molecule has 5 heteroatoms. The Labute approximate surface area is 128 Å². The van der Waals surface area contributed by atoms with Crippen molar-refractivity contribution in [1.82, 2.24) is 0 Å². The molecule has 4 N–H and O–H groups in total. The van der Waals surface area contributed by atoms with Crippen molar-refractivity contribution in [2.75, 3.05) is 16.4 Å². The number of hydrogen-bond donors (Lipinski definition) is 3. The molecule has 4 nitrogen and oxygen atoms in total. The smallest absolute Gasteiger partial charge is 0.224 e. The highest BCUT2D eigenvalue weighted by atomic mass is 32.1. The number of carbonyl (C=O) groups excluding carboxylic acids is 1. The summed E-state index contributed by atoms with van der Waals surface area (Å²) in [6.07, 6.45) is 1.29. The molecule has 0 radical (unpaired) electrons. The largest absolute Gasteiger partial charge is 0.397 e. The van der Waals surface area contributed by atoms with Crippen LogP contribution < -0.4 is 16.4 Å². The lowest BCUT2D eigenvalue weighted by molar-refractivity contribution is -0.116. The van der Waals surface area contributed by atoms with Gasteiger partial charge < -0.3 is 16.4 Å². The van der Waals surface area contributed by atoms with Gasteiger partial charge >= 0.3 is 0 Å². The van der Waals surface area contributed by atoms with E-state index in [4.69, 9.17) is 5.73 Å². The van der Waals surface area contributed by atoms with Crippen LogP contribution in [-0.4, -0.2) is 5.91 Å². The van der Waals surface area contributed by atoms with Gasteiger partial charge in [0, 0.05) is 21.9 Å². The zero-order chi connectivity index (χ0) is 15.0. The van der Waals surface area contributed by atoms with Gasteiger partial charge in [-0.25, -0.2) is 0 Å². The minimum atomic E-state index is 0.0696. The summed E-state index contributed by atoms with van der Waals surface area (Å²) in [6.45, 7) is 4.21. The summed E-state index contributed by atoms with van der Waals surface area (Å²) < 4.78 is 0. The van der Waals surface area contributed by atoms with Gasteiger partial charge in [-0.05, 0) is 50.1 Å². The maximum atomic E-state index is 11.5. The molecule has 0 saturated carbocycles. The van der Waals surface area contributed by atoms with Crippen LogP contribution >= 0.6 is 11.3 Å². The molecule has 1 aromatic heterocycles. The standard InChI is InChI=1S/C16H19N3OS/c1-9-3-5-15(21-9)10(2)18-14-8-13-11(7-12(14)17)4-6-16(20)19-13/h3,5,7-8,10,18H,4,6,17H2,1-2H3,(H,19,20). The van der Waals surface area contributed by atoms with Crippen LogP contribution in [0.25, 0.3) is 0 Å². The van der Waals surface area contributed by atoms with Gasteiger partial charge in [-0.15, -0.1) is 11.3 Å². The Bertz CT molecular complexity index is 693. The van der Waals surface area contributed by atoms with E-state index in [-0.39, 0.29) is 11.9 Å². The number of thiophene rings is 1. The number of anilines is 3. The fourth-order valence-corrected chi connectivity index (χ4v) is 3.44. The number of carbonyl (C=O) groups is 1. The molecule has 21 heavy (non-hydrogen) atoms. The second kappa shape index (κ2) is 5.41. The van der Waals surface area contributed by atoms with Gasteiger partial charge in [0.25, 0.3) is 0 Å². The molecule has 3 rings (SSSR count). The van der Waals surface area contributed by atoms with Gasteiger partial charge in [0.2, 0.25) is 5.91 Å². The number of aryl methyl sites for hydroxylation is 2. The Morgan fingerprint density at radius 2 is 2.14 bits per heavy atom. The molecular formula is C16H19N3OS. The van der Waals surface area contributed by atoms with E-state index in [0.29, 0.717) is 6.42 Å². The second-order valence-corrected chi connectivity index (χ2v) is 6.78. The van der Waals surface area contributed by atoms with E-state index >= 15 is 0 Å². The van der Waals surface area contributed by atoms with Crippen molar-refractivity contribution in [2.24, 2.45) is 0 Å². The van der Waals surface area contributed by atoms with E-state index < -0.39 is 0 Å². The molecular weight excluding hydrogens is 282 g/mol. The number of amides is 1. The molecule has 1 amide bonds. The number of nitrogens with two attached hydrogens (primary N) is 1. The van der Waals surface area contributed by atoms with E-state index in [1.54, 1.807) is 11.3 Å². The molecule has 110 valence electrons. The van der Waals surface area contributed by atoms with Crippen molar-refractivity contribution in [3.05, 3.63) is 39.6 Å². The molecule has 1 aromatic carbocycles. The van der Waals surface area contributed by atoms with Crippen LogP contribution in [0.1, 0.15) is 34.7 Å². The van der Waals surface area contributed by atoms with Crippen molar-refractivity contribution >= 4 is 34.3 Å². The van der Waals surface area contributed by atoms with E-state index in [0.717, 1.165) is 29.0 Å². The average molecular weight is 301 g/mol. The van der Waals surface area contributed by atoms with Crippen LogP contribution in [0.5, 0.6) is 0 Å². The minimum Gasteiger partial charge on any atom is -0.397 e. The highest BCUT2D eigenvalue weighted by Crippen LogP contribution is 2.34. The van der Waals surface area contributed by atoms with Gasteiger partial charge in [-0.2, -0.15) is 0 Å². The Balaban J connectivity index is 1.85. The van der Waals surface area contributed by atoms with E-state index in [1.807, 2.05) is 12.1 Å². The minimum absolute atomic E-state index is 0.0696. The van der Waals surface area contributed by atoms with Gasteiger partial charge in [0.1, 0.15) is 0 Å². The second-order valence-electron chi connectivity index (χ2n) is 5.46. The van der Waals surface area contributed by atoms with Crippen LogP contribution in [-0.2, 0) is 11.2 Å². The summed E-state index contributed by atoms with van der Waals surface area (Å²) in [5.41, 5.74) is 9.72. The Hall–Kier alpha value is -2.01. The summed E-state index contributed by atoms with van der Waals surface area (Å²) in [7, 11) is 0. The van der Waals surface area contributed by atoms with Crippen molar-refractivity contribution in [1.29, 1.82) is 0 Å². The van der Waals surface area contributed by atoms with Gasteiger partial charge in [0.05, 0.1) is 17.4 Å². The molecule has 0 aliphatic carbocycles. The SMILES string of the molecule is Cc1ccc(C(C)Nc2cc3c(cc2N)CCC(=O)N3)s1. The third kappa shape index (κ3) is 2.88. The fraction of sp³-hybridized carbons (Fsp3) is 0.312. The number of benzene rings is 1. The Morgan fingerprint density at radius 1 is 1.33 bits per heavy atom. The zero-order valence-corrected chi connectivity index (χ0v) is 13.0. The molecule has 0 fully saturated rings. The predicted octanol–water partition coefficient (Wildman–Crippen LogP) is 3.70. The Morgan fingerprint density at radius 3 is 2.86 bits per heavy atom. The van der Waals surface area contributed by atoms with Gasteiger partial charge in [0.15, 0.2) is 0 Å². The third-order valence-corrected chi connectivity index (χ3v) is 4.91. The van der Waals surface area contributed by atoms with Crippen LogP contribution in [0.4, 0.5) is 17.1 Å². The number of fused-ring (bicyclic) bond motifs is 1. The molecule has 1 atom stereocenters. The van der Waals surface area contributed by atoms with Crippen LogP contribution in [0.2, 0.25) is 0 Å². The maximum absolute atomic E-state index is 11.5. The normalized spacial score (nSPS) is 15.2. The van der Waals surface area contributed by atoms with Crippen molar-refractivity contribution in [3.63, 3.8) is 0 Å². The molecule has 2 aromatic rings. The van der Waals surface area contributed by atoms with Crippen molar-refractivity contribution in [3.8, 4) is 0 Å². The number of nitrogen functional groups attached to an aromatic ring is 1. The molecule has 1 aliphatic heterocycles. The fourth-order valence-electron chi connectivity index (χ4n) is 2.56. The average Bonchev–Trinajstić information content (AvgIpc) is 2.87. The first-order valence-corrected chi connectivity index (χ1v) is 7.89. The Kier molecular flexibility index (Phi) is 3.59. The van der Waals surface area contributed by atoms with Crippen molar-refractivity contribution in [2.45, 2.75) is 32.7 Å². The first-order chi connectivity index (χ1) is 10.0. The lowest BCUT2D eigenvalue weighted by Crippen LogP contribution is -2.19. The van der Waals surface area contributed by atoms with E-state index in [9.17, 15) is 4.79 Å².